The lowest BCUT2D eigenvalue weighted by molar-refractivity contribution is -0.147. The third-order valence-corrected chi connectivity index (χ3v) is 3.02. The number of esters is 2. The summed E-state index contributed by atoms with van der Waals surface area (Å²) >= 11 is 0. The molecule has 1 aromatic rings. The van der Waals surface area contributed by atoms with Crippen molar-refractivity contribution in [2.75, 3.05) is 13.2 Å². The van der Waals surface area contributed by atoms with Crippen LogP contribution < -0.4 is 5.32 Å². The molecule has 132 valence electrons. The van der Waals surface area contributed by atoms with E-state index in [-0.39, 0.29) is 32.7 Å². The van der Waals surface area contributed by atoms with Gasteiger partial charge < -0.3 is 19.5 Å². The third-order valence-electron chi connectivity index (χ3n) is 3.02. The SMILES string of the molecule is CCOC(=O)CC[C@H](NC(=O)OCc1ccccc1)C(=O)OCC. The highest BCUT2D eigenvalue weighted by Crippen LogP contribution is 2.05. The first-order chi connectivity index (χ1) is 11.6. The molecule has 1 rings (SSSR count). The predicted molar refractivity (Wildman–Crippen MR) is 86.1 cm³/mol. The molecule has 0 bridgehead atoms. The van der Waals surface area contributed by atoms with Gasteiger partial charge in [-0.1, -0.05) is 30.3 Å². The van der Waals surface area contributed by atoms with E-state index in [1.807, 2.05) is 30.3 Å². The van der Waals surface area contributed by atoms with E-state index in [1.165, 1.54) is 0 Å². The maximum Gasteiger partial charge on any atom is 0.408 e. The van der Waals surface area contributed by atoms with E-state index in [0.717, 1.165) is 5.56 Å². The summed E-state index contributed by atoms with van der Waals surface area (Å²) in [5, 5.41) is 2.43. The molecular formula is C17H23NO6. The second-order valence-electron chi connectivity index (χ2n) is 4.85. The first-order valence-electron chi connectivity index (χ1n) is 7.86. The topological polar surface area (TPSA) is 90.9 Å². The number of nitrogens with one attached hydrogen (secondary N) is 1. The Morgan fingerprint density at radius 3 is 2.29 bits per heavy atom. The van der Waals surface area contributed by atoms with E-state index >= 15 is 0 Å². The molecule has 0 aliphatic rings. The summed E-state index contributed by atoms with van der Waals surface area (Å²) in [5.41, 5.74) is 0.826. The Hall–Kier alpha value is -2.57. The van der Waals surface area contributed by atoms with Crippen LogP contribution in [0.15, 0.2) is 30.3 Å². The summed E-state index contributed by atoms with van der Waals surface area (Å²) < 4.78 is 14.8. The fourth-order valence-corrected chi connectivity index (χ4v) is 1.89. The van der Waals surface area contributed by atoms with E-state index in [1.54, 1.807) is 13.8 Å². The van der Waals surface area contributed by atoms with Crippen molar-refractivity contribution in [3.05, 3.63) is 35.9 Å². The van der Waals surface area contributed by atoms with Crippen molar-refractivity contribution in [2.24, 2.45) is 0 Å². The van der Waals surface area contributed by atoms with Gasteiger partial charge in [0.05, 0.1) is 13.2 Å². The monoisotopic (exact) mass is 337 g/mol. The van der Waals surface area contributed by atoms with Crippen LogP contribution in [-0.2, 0) is 30.4 Å². The van der Waals surface area contributed by atoms with Crippen LogP contribution in [0, 0.1) is 0 Å². The molecule has 0 saturated heterocycles. The fourth-order valence-electron chi connectivity index (χ4n) is 1.89. The average Bonchev–Trinajstić information content (AvgIpc) is 2.58. The van der Waals surface area contributed by atoms with Crippen molar-refractivity contribution in [1.82, 2.24) is 5.32 Å². The Balaban J connectivity index is 2.51. The number of carbonyl (C=O) groups excluding carboxylic acids is 3. The lowest BCUT2D eigenvalue weighted by Crippen LogP contribution is -2.42. The Bertz CT molecular complexity index is 531. The smallest absolute Gasteiger partial charge is 0.408 e. The second-order valence-corrected chi connectivity index (χ2v) is 4.85. The van der Waals surface area contributed by atoms with Crippen molar-refractivity contribution in [1.29, 1.82) is 0 Å². The van der Waals surface area contributed by atoms with E-state index in [0.29, 0.717) is 0 Å². The summed E-state index contributed by atoms with van der Waals surface area (Å²) in [6.45, 7) is 3.87. The van der Waals surface area contributed by atoms with Gasteiger partial charge in [-0.05, 0) is 25.8 Å². The summed E-state index contributed by atoms with van der Waals surface area (Å²) in [5.74, 6) is -1.05. The Labute approximate surface area is 141 Å². The summed E-state index contributed by atoms with van der Waals surface area (Å²) in [6, 6.07) is 8.19. The van der Waals surface area contributed by atoms with Gasteiger partial charge in [-0.25, -0.2) is 9.59 Å². The first kappa shape index (κ1) is 19.5. The number of hydrogen-bond donors (Lipinski definition) is 1. The fraction of sp³-hybridized carbons (Fsp3) is 0.471. The highest BCUT2D eigenvalue weighted by molar-refractivity contribution is 5.82. The second kappa shape index (κ2) is 11.0. The maximum atomic E-state index is 11.9. The number of amides is 1. The lowest BCUT2D eigenvalue weighted by Gasteiger charge is -2.16. The quantitative estimate of drug-likeness (QED) is 0.549. The van der Waals surface area contributed by atoms with E-state index in [9.17, 15) is 14.4 Å². The van der Waals surface area contributed by atoms with Crippen LogP contribution in [0.3, 0.4) is 0 Å². The van der Waals surface area contributed by atoms with Gasteiger partial charge in [0.1, 0.15) is 12.6 Å². The van der Waals surface area contributed by atoms with Crippen molar-refractivity contribution >= 4 is 18.0 Å². The third kappa shape index (κ3) is 7.62. The molecule has 0 unspecified atom stereocenters. The van der Waals surface area contributed by atoms with Crippen molar-refractivity contribution in [2.45, 2.75) is 39.3 Å². The van der Waals surface area contributed by atoms with Crippen LogP contribution in [0.1, 0.15) is 32.3 Å². The standard InChI is InChI=1S/C17H23NO6/c1-3-22-15(19)11-10-14(16(20)23-4-2)18-17(21)24-12-13-8-6-5-7-9-13/h5-9,14H,3-4,10-12H2,1-2H3,(H,18,21)/t14-/m0/s1. The lowest BCUT2D eigenvalue weighted by atomic mass is 10.1. The molecule has 1 N–H and O–H groups in total. The largest absolute Gasteiger partial charge is 0.466 e. The Morgan fingerprint density at radius 2 is 1.67 bits per heavy atom. The molecule has 1 atom stereocenters. The van der Waals surface area contributed by atoms with Crippen LogP contribution in [-0.4, -0.2) is 37.3 Å². The number of alkyl carbamates (subject to hydrolysis) is 1. The van der Waals surface area contributed by atoms with Gasteiger partial charge in [-0.15, -0.1) is 0 Å². The number of ether oxygens (including phenoxy) is 3. The number of hydrogen-bond acceptors (Lipinski definition) is 6. The van der Waals surface area contributed by atoms with Gasteiger partial charge in [0, 0.05) is 6.42 Å². The predicted octanol–water partition coefficient (Wildman–Crippen LogP) is 2.19. The van der Waals surface area contributed by atoms with E-state index in [2.05, 4.69) is 5.32 Å². The minimum absolute atomic E-state index is 0.00368. The molecule has 7 nitrogen and oxygen atoms in total. The van der Waals surface area contributed by atoms with Crippen LogP contribution in [0.5, 0.6) is 0 Å². The molecule has 1 aromatic carbocycles. The van der Waals surface area contributed by atoms with Gasteiger partial charge in [-0.2, -0.15) is 0 Å². The van der Waals surface area contributed by atoms with Gasteiger partial charge >= 0.3 is 18.0 Å². The molecule has 0 aliphatic heterocycles. The number of rotatable bonds is 9. The Kier molecular flexibility index (Phi) is 8.96. The molecule has 1 amide bonds. The summed E-state index contributed by atoms with van der Waals surface area (Å²) in [6.07, 6.45) is -0.672. The van der Waals surface area contributed by atoms with Crippen LogP contribution in [0.4, 0.5) is 4.79 Å². The first-order valence-corrected chi connectivity index (χ1v) is 7.86. The highest BCUT2D eigenvalue weighted by Gasteiger charge is 2.24. The van der Waals surface area contributed by atoms with Gasteiger partial charge in [0.25, 0.3) is 0 Å². The molecule has 24 heavy (non-hydrogen) atoms. The molecule has 7 heteroatoms. The van der Waals surface area contributed by atoms with E-state index < -0.39 is 24.1 Å². The molecule has 0 spiro atoms. The number of benzene rings is 1. The van der Waals surface area contributed by atoms with Crippen molar-refractivity contribution in [3.8, 4) is 0 Å². The van der Waals surface area contributed by atoms with Crippen LogP contribution in [0.25, 0.3) is 0 Å². The molecule has 0 heterocycles. The summed E-state index contributed by atoms with van der Waals surface area (Å²) in [7, 11) is 0. The molecular weight excluding hydrogens is 314 g/mol. The normalized spacial score (nSPS) is 11.2. The van der Waals surface area contributed by atoms with Gasteiger partial charge in [0.2, 0.25) is 0 Å². The Morgan fingerprint density at radius 1 is 1.00 bits per heavy atom. The minimum atomic E-state index is -0.961. The molecule has 0 saturated carbocycles. The van der Waals surface area contributed by atoms with Crippen molar-refractivity contribution < 1.29 is 28.6 Å². The number of carbonyl (C=O) groups is 3. The molecule has 0 aliphatic carbocycles. The highest BCUT2D eigenvalue weighted by atomic mass is 16.6. The van der Waals surface area contributed by atoms with Crippen molar-refractivity contribution in [3.63, 3.8) is 0 Å². The molecule has 0 aromatic heterocycles. The van der Waals surface area contributed by atoms with Crippen LogP contribution in [0.2, 0.25) is 0 Å². The molecule has 0 radical (unpaired) electrons. The zero-order valence-electron chi connectivity index (χ0n) is 13.9. The minimum Gasteiger partial charge on any atom is -0.466 e. The average molecular weight is 337 g/mol. The zero-order valence-corrected chi connectivity index (χ0v) is 13.9. The van der Waals surface area contributed by atoms with Gasteiger partial charge in [-0.3, -0.25) is 4.79 Å². The van der Waals surface area contributed by atoms with Gasteiger partial charge in [0.15, 0.2) is 0 Å². The summed E-state index contributed by atoms with van der Waals surface area (Å²) in [4.78, 5) is 35.1. The zero-order chi connectivity index (χ0) is 17.8. The maximum absolute atomic E-state index is 11.9. The molecule has 0 fully saturated rings. The van der Waals surface area contributed by atoms with E-state index in [4.69, 9.17) is 14.2 Å². The van der Waals surface area contributed by atoms with Crippen LogP contribution >= 0.6 is 0 Å².